The zero-order valence-corrected chi connectivity index (χ0v) is 19.5. The Labute approximate surface area is 180 Å². The molecule has 0 aromatic heterocycles. The standard InChI is InChI=1S/C19H34N4O3.HI/c1-5-26-16(24)15-9-8-12-23(13-15)18(20-2)21-14-19(10-6-7-11-19)17(25)22(3)4;/h15H,5-14H2,1-4H3,(H,20,21);1H. The van der Waals surface area contributed by atoms with Gasteiger partial charge in [-0.2, -0.15) is 0 Å². The second-order valence-electron chi connectivity index (χ2n) is 7.62. The van der Waals surface area contributed by atoms with E-state index in [1.54, 1.807) is 11.9 Å². The van der Waals surface area contributed by atoms with Crippen molar-refractivity contribution in [3.8, 4) is 0 Å². The minimum absolute atomic E-state index is 0. The molecule has 1 atom stereocenters. The first kappa shape index (κ1) is 24.0. The van der Waals surface area contributed by atoms with Crippen molar-refractivity contribution < 1.29 is 14.3 Å². The van der Waals surface area contributed by atoms with Crippen molar-refractivity contribution in [2.45, 2.75) is 45.4 Å². The van der Waals surface area contributed by atoms with E-state index in [1.807, 2.05) is 21.0 Å². The van der Waals surface area contributed by atoms with Gasteiger partial charge in [-0.1, -0.05) is 12.8 Å². The quantitative estimate of drug-likeness (QED) is 0.274. The van der Waals surface area contributed by atoms with Crippen LogP contribution in [0.5, 0.6) is 0 Å². The van der Waals surface area contributed by atoms with Gasteiger partial charge in [-0.05, 0) is 32.6 Å². The van der Waals surface area contributed by atoms with E-state index in [0.29, 0.717) is 19.7 Å². The summed E-state index contributed by atoms with van der Waals surface area (Å²) in [4.78, 5) is 33.0. The molecule has 8 heteroatoms. The highest BCUT2D eigenvalue weighted by atomic mass is 127. The van der Waals surface area contributed by atoms with Gasteiger partial charge < -0.3 is 19.9 Å². The van der Waals surface area contributed by atoms with Crippen LogP contribution < -0.4 is 5.32 Å². The third kappa shape index (κ3) is 5.96. The number of halogens is 1. The summed E-state index contributed by atoms with van der Waals surface area (Å²) in [5.74, 6) is 0.742. The van der Waals surface area contributed by atoms with Gasteiger partial charge in [0.15, 0.2) is 5.96 Å². The minimum Gasteiger partial charge on any atom is -0.466 e. The average Bonchev–Trinajstić information content (AvgIpc) is 3.12. The van der Waals surface area contributed by atoms with Crippen LogP contribution in [0, 0.1) is 11.3 Å². The van der Waals surface area contributed by atoms with Gasteiger partial charge in [-0.25, -0.2) is 0 Å². The van der Waals surface area contributed by atoms with E-state index in [0.717, 1.165) is 51.0 Å². The molecule has 0 aromatic carbocycles. The number of hydrogen-bond acceptors (Lipinski definition) is 4. The van der Waals surface area contributed by atoms with E-state index in [1.165, 1.54) is 0 Å². The molecule has 1 amide bonds. The SMILES string of the molecule is CCOC(=O)C1CCCN(C(=NC)NCC2(C(=O)N(C)C)CCCC2)C1.I. The first-order valence-electron chi connectivity index (χ1n) is 9.77. The van der Waals surface area contributed by atoms with E-state index in [2.05, 4.69) is 15.2 Å². The lowest BCUT2D eigenvalue weighted by atomic mass is 9.84. The average molecular weight is 494 g/mol. The topological polar surface area (TPSA) is 74.2 Å². The zero-order valence-electron chi connectivity index (χ0n) is 17.1. The molecule has 2 aliphatic rings. The predicted molar refractivity (Wildman–Crippen MR) is 117 cm³/mol. The summed E-state index contributed by atoms with van der Waals surface area (Å²) in [5.41, 5.74) is -0.338. The highest BCUT2D eigenvalue weighted by Gasteiger charge is 2.42. The normalized spacial score (nSPS) is 22.0. The van der Waals surface area contributed by atoms with Crippen LogP contribution in [0.15, 0.2) is 4.99 Å². The molecular weight excluding hydrogens is 459 g/mol. The van der Waals surface area contributed by atoms with Gasteiger partial charge in [0.25, 0.3) is 0 Å². The van der Waals surface area contributed by atoms with E-state index < -0.39 is 0 Å². The van der Waals surface area contributed by atoms with Crippen LogP contribution in [0.2, 0.25) is 0 Å². The van der Waals surface area contributed by atoms with Crippen molar-refractivity contribution in [2.75, 3.05) is 47.4 Å². The smallest absolute Gasteiger partial charge is 0.310 e. The maximum absolute atomic E-state index is 12.7. The van der Waals surface area contributed by atoms with Gasteiger partial charge in [0.2, 0.25) is 5.91 Å². The van der Waals surface area contributed by atoms with Crippen molar-refractivity contribution in [3.05, 3.63) is 0 Å². The number of likely N-dealkylation sites (tertiary alicyclic amines) is 1. The number of rotatable bonds is 5. The van der Waals surface area contributed by atoms with Crippen molar-refractivity contribution in [1.82, 2.24) is 15.1 Å². The third-order valence-electron chi connectivity index (χ3n) is 5.56. The molecular formula is C19H35IN4O3. The Kier molecular flexibility index (Phi) is 9.83. The molecule has 1 N–H and O–H groups in total. The molecule has 1 saturated carbocycles. The Morgan fingerprint density at radius 1 is 1.26 bits per heavy atom. The van der Waals surface area contributed by atoms with Gasteiger partial charge >= 0.3 is 5.97 Å². The first-order chi connectivity index (χ1) is 12.4. The van der Waals surface area contributed by atoms with Crippen LogP contribution in [0.1, 0.15) is 45.4 Å². The fourth-order valence-corrected chi connectivity index (χ4v) is 4.19. The molecule has 0 spiro atoms. The molecule has 2 fully saturated rings. The number of carbonyl (C=O) groups is 2. The Hall–Kier alpha value is -1.06. The van der Waals surface area contributed by atoms with Crippen LogP contribution in [0.25, 0.3) is 0 Å². The summed E-state index contributed by atoms with van der Waals surface area (Å²) in [5, 5.41) is 3.43. The molecule has 1 aliphatic carbocycles. The van der Waals surface area contributed by atoms with Crippen LogP contribution in [0.3, 0.4) is 0 Å². The molecule has 27 heavy (non-hydrogen) atoms. The van der Waals surface area contributed by atoms with Gasteiger partial charge in [-0.15, -0.1) is 24.0 Å². The molecule has 156 valence electrons. The number of piperidine rings is 1. The number of nitrogens with one attached hydrogen (secondary N) is 1. The lowest BCUT2D eigenvalue weighted by Gasteiger charge is -2.36. The fraction of sp³-hybridized carbons (Fsp3) is 0.842. The van der Waals surface area contributed by atoms with E-state index >= 15 is 0 Å². The molecule has 1 unspecified atom stereocenters. The molecule has 0 aromatic rings. The molecule has 1 aliphatic heterocycles. The summed E-state index contributed by atoms with van der Waals surface area (Å²) in [6, 6.07) is 0. The summed E-state index contributed by atoms with van der Waals surface area (Å²) in [7, 11) is 5.41. The van der Waals surface area contributed by atoms with Crippen molar-refractivity contribution in [1.29, 1.82) is 0 Å². The molecule has 0 radical (unpaired) electrons. The minimum atomic E-state index is -0.338. The molecule has 1 heterocycles. The summed E-state index contributed by atoms with van der Waals surface area (Å²) < 4.78 is 5.18. The number of guanidine groups is 1. The van der Waals surface area contributed by atoms with Crippen LogP contribution >= 0.6 is 24.0 Å². The lowest BCUT2D eigenvalue weighted by Crippen LogP contribution is -2.52. The number of nitrogens with zero attached hydrogens (tertiary/aromatic N) is 3. The molecule has 7 nitrogen and oxygen atoms in total. The monoisotopic (exact) mass is 494 g/mol. The van der Waals surface area contributed by atoms with Crippen molar-refractivity contribution in [2.24, 2.45) is 16.3 Å². The highest BCUT2D eigenvalue weighted by Crippen LogP contribution is 2.39. The summed E-state index contributed by atoms with van der Waals surface area (Å²) >= 11 is 0. The van der Waals surface area contributed by atoms with Gasteiger partial charge in [0.1, 0.15) is 0 Å². The zero-order chi connectivity index (χ0) is 19.2. The molecule has 1 saturated heterocycles. The van der Waals surface area contributed by atoms with Gasteiger partial charge in [0.05, 0.1) is 17.9 Å². The second-order valence-corrected chi connectivity index (χ2v) is 7.62. The lowest BCUT2D eigenvalue weighted by molar-refractivity contribution is -0.149. The summed E-state index contributed by atoms with van der Waals surface area (Å²) in [6.45, 7) is 4.33. The number of aliphatic imine (C=N–C) groups is 1. The Morgan fingerprint density at radius 3 is 2.48 bits per heavy atom. The highest BCUT2D eigenvalue weighted by molar-refractivity contribution is 14.0. The fourth-order valence-electron chi connectivity index (χ4n) is 4.19. The Morgan fingerprint density at radius 2 is 1.93 bits per heavy atom. The number of hydrogen-bond donors (Lipinski definition) is 1. The Bertz CT molecular complexity index is 533. The van der Waals surface area contributed by atoms with E-state index in [-0.39, 0.29) is 47.2 Å². The second kappa shape index (κ2) is 11.1. The Balaban J connectivity index is 0.00000364. The predicted octanol–water partition coefficient (Wildman–Crippen LogP) is 2.10. The number of esters is 1. The number of amides is 1. The molecule has 0 bridgehead atoms. The largest absolute Gasteiger partial charge is 0.466 e. The number of ether oxygens (including phenoxy) is 1. The first-order valence-corrected chi connectivity index (χ1v) is 9.77. The van der Waals surface area contributed by atoms with Gasteiger partial charge in [0, 0.05) is 40.8 Å². The summed E-state index contributed by atoms with van der Waals surface area (Å²) in [6.07, 6.45) is 5.81. The maximum atomic E-state index is 12.7. The van der Waals surface area contributed by atoms with E-state index in [4.69, 9.17) is 4.74 Å². The van der Waals surface area contributed by atoms with Crippen LogP contribution in [-0.4, -0.2) is 75.0 Å². The van der Waals surface area contributed by atoms with Crippen LogP contribution in [-0.2, 0) is 14.3 Å². The molecule has 2 rings (SSSR count). The van der Waals surface area contributed by atoms with Gasteiger partial charge in [-0.3, -0.25) is 14.6 Å². The van der Waals surface area contributed by atoms with Crippen molar-refractivity contribution >= 4 is 41.8 Å². The van der Waals surface area contributed by atoms with Crippen molar-refractivity contribution in [3.63, 3.8) is 0 Å². The third-order valence-corrected chi connectivity index (χ3v) is 5.56. The van der Waals surface area contributed by atoms with Crippen LogP contribution in [0.4, 0.5) is 0 Å². The van der Waals surface area contributed by atoms with E-state index in [9.17, 15) is 9.59 Å². The maximum Gasteiger partial charge on any atom is 0.310 e. The number of carbonyl (C=O) groups excluding carboxylic acids is 2.